The molecule has 0 amide bonds. The molecule has 0 fully saturated rings. The van der Waals surface area contributed by atoms with Gasteiger partial charge in [-0.2, -0.15) is 36.0 Å². The first-order valence-electron chi connectivity index (χ1n) is 12.3. The van der Waals surface area contributed by atoms with E-state index in [0.29, 0.717) is 66.2 Å². The minimum absolute atomic E-state index is 0.00959. The molecule has 0 saturated carbocycles. The van der Waals surface area contributed by atoms with Crippen LogP contribution in [0.3, 0.4) is 0 Å². The summed E-state index contributed by atoms with van der Waals surface area (Å²) >= 11 is 0. The van der Waals surface area contributed by atoms with Crippen molar-refractivity contribution in [1.82, 2.24) is 0 Å². The van der Waals surface area contributed by atoms with Crippen molar-refractivity contribution in [1.29, 1.82) is 26.3 Å². The summed E-state index contributed by atoms with van der Waals surface area (Å²) < 4.78 is 0. The van der Waals surface area contributed by atoms with E-state index in [1.54, 1.807) is 48.5 Å². The van der Waals surface area contributed by atoms with Gasteiger partial charge in [-0.05, 0) is 63.6 Å². The van der Waals surface area contributed by atoms with E-state index in [1.165, 1.54) is 0 Å². The zero-order valence-corrected chi connectivity index (χ0v) is 21.6. The minimum Gasteiger partial charge on any atom is -0.238 e. The van der Waals surface area contributed by atoms with Crippen molar-refractivity contribution < 1.29 is 0 Å². The second kappa shape index (κ2) is 10.5. The third-order valence-electron chi connectivity index (χ3n) is 7.29. The maximum Gasteiger partial charge on any atom is 0.523 e. The molecule has 8 nitrogen and oxygen atoms in total. The van der Waals surface area contributed by atoms with Crippen molar-refractivity contribution in [2.75, 3.05) is 0 Å². The normalized spacial score (nSPS) is 12.2. The molecule has 8 heteroatoms. The van der Waals surface area contributed by atoms with Crippen LogP contribution in [0.5, 0.6) is 0 Å². The van der Waals surface area contributed by atoms with Crippen molar-refractivity contribution in [3.63, 3.8) is 0 Å². The molecule has 5 rings (SSSR count). The Balaban J connectivity index is 2.10. The molecule has 2 aliphatic rings. The lowest BCUT2D eigenvalue weighted by Gasteiger charge is -2.09. The molecule has 188 valence electrons. The lowest BCUT2D eigenvalue weighted by atomic mass is 9.92. The summed E-state index contributed by atoms with van der Waals surface area (Å²) in [4.78, 5) is 10.4. The third-order valence-corrected chi connectivity index (χ3v) is 7.29. The molecule has 0 saturated heterocycles. The van der Waals surface area contributed by atoms with E-state index < -0.39 is 0 Å². The van der Waals surface area contributed by atoms with Crippen LogP contribution in [0.4, 0.5) is 5.69 Å². The van der Waals surface area contributed by atoms with Gasteiger partial charge in [0.05, 0.1) is 34.9 Å². The quantitative estimate of drug-likeness (QED) is 0.347. The van der Waals surface area contributed by atoms with Crippen LogP contribution in [0.15, 0.2) is 71.1 Å². The van der Waals surface area contributed by atoms with Gasteiger partial charge in [0.25, 0.3) is 0 Å². The molecule has 0 unspecified atom stereocenters. The maximum absolute atomic E-state index is 10.6. The number of nitrogens with zero attached hydrogens (tertiary/aromatic N) is 8. The van der Waals surface area contributed by atoms with Gasteiger partial charge < -0.3 is 0 Å². The predicted octanol–water partition coefficient (Wildman–Crippen LogP) is 4.76. The minimum atomic E-state index is -0.204. The van der Waals surface area contributed by atoms with Gasteiger partial charge in [0, 0.05) is 16.9 Å². The third kappa shape index (κ3) is 3.85. The Hall–Kier alpha value is -7.20. The highest BCUT2D eigenvalue weighted by atomic mass is 14.9. The molecule has 0 N–H and O–H groups in total. The number of hydrogen-bond acceptors (Lipinski definition) is 5. The number of nitriles is 5. The van der Waals surface area contributed by atoms with Crippen LogP contribution in [-0.4, -0.2) is 0 Å². The second-order valence-electron chi connectivity index (χ2n) is 9.24. The Morgan fingerprint density at radius 3 is 1.74 bits per heavy atom. The average Bonchev–Trinajstić information content (AvgIpc) is 3.61. The van der Waals surface area contributed by atoms with Gasteiger partial charge in [0.1, 0.15) is 43.0 Å². The molecule has 0 aliphatic heterocycles. The van der Waals surface area contributed by atoms with Crippen molar-refractivity contribution in [3.05, 3.63) is 155 Å². The monoisotopic (exact) mass is 532 g/mol. The molecule has 3 aromatic carbocycles. The topological polar surface area (TPSA) is 132 Å². The van der Waals surface area contributed by atoms with E-state index in [0.717, 1.165) is 0 Å². The van der Waals surface area contributed by atoms with Crippen LogP contribution in [0.25, 0.3) is 25.7 Å². The molecule has 3 aromatic rings. The largest absolute Gasteiger partial charge is 0.523 e. The fourth-order valence-corrected chi connectivity index (χ4v) is 5.67. The van der Waals surface area contributed by atoms with Gasteiger partial charge in [-0.1, -0.05) is 30.3 Å². The Labute approximate surface area is 240 Å². The van der Waals surface area contributed by atoms with Crippen LogP contribution in [0, 0.1) is 76.4 Å². The molecular formula is C34H12N8. The zero-order chi connectivity index (χ0) is 30.0. The first-order chi connectivity index (χ1) is 20.5. The number of benzene rings is 3. The van der Waals surface area contributed by atoms with E-state index in [9.17, 15) is 26.3 Å². The highest BCUT2D eigenvalue weighted by Gasteiger charge is 2.36. The fraction of sp³-hybridized carbons (Fsp3) is 0.0588. The summed E-state index contributed by atoms with van der Waals surface area (Å²) in [7, 11) is 0. The summed E-state index contributed by atoms with van der Waals surface area (Å²) in [6.07, 6.45) is 0.0292. The Kier molecular flexibility index (Phi) is 6.61. The Bertz CT molecular complexity index is 2130. The summed E-state index contributed by atoms with van der Waals surface area (Å²) in [5.74, 6) is -0.204. The smallest absolute Gasteiger partial charge is 0.238 e. The molecule has 0 bridgehead atoms. The zero-order valence-electron chi connectivity index (χ0n) is 21.6. The molecular weight excluding hydrogens is 520 g/mol. The first kappa shape index (κ1) is 26.4. The van der Waals surface area contributed by atoms with E-state index in [4.69, 9.17) is 19.7 Å². The molecule has 0 atom stereocenters. The van der Waals surface area contributed by atoms with Crippen molar-refractivity contribution >= 4 is 16.8 Å². The summed E-state index contributed by atoms with van der Waals surface area (Å²) in [6.45, 7) is 22.8. The molecule has 2 aliphatic carbocycles. The van der Waals surface area contributed by atoms with Gasteiger partial charge in [-0.3, -0.25) is 0 Å². The summed E-state index contributed by atoms with van der Waals surface area (Å²) in [5, 5.41) is 51.1. The van der Waals surface area contributed by atoms with Gasteiger partial charge in [0.15, 0.2) is 5.69 Å². The highest BCUT2D eigenvalue weighted by Crippen LogP contribution is 2.38. The number of allylic oxidation sites excluding steroid dienone is 3. The van der Waals surface area contributed by atoms with E-state index >= 15 is 0 Å². The fourth-order valence-electron chi connectivity index (χ4n) is 5.67. The summed E-state index contributed by atoms with van der Waals surface area (Å²) in [6, 6.07) is 23.7. The highest BCUT2D eigenvalue weighted by molar-refractivity contribution is 5.92. The number of rotatable bonds is 2. The van der Waals surface area contributed by atoms with E-state index in [-0.39, 0.29) is 35.4 Å². The van der Waals surface area contributed by atoms with Crippen LogP contribution < -0.4 is 10.4 Å². The van der Waals surface area contributed by atoms with Crippen LogP contribution >= 0.6 is 0 Å². The van der Waals surface area contributed by atoms with Gasteiger partial charge >= 0.3 is 5.82 Å². The lowest BCUT2D eigenvalue weighted by molar-refractivity contribution is 1.15. The molecule has 0 spiro atoms. The van der Waals surface area contributed by atoms with Crippen LogP contribution in [-0.2, 0) is 12.8 Å². The number of hydrogen-bond donors (Lipinski definition) is 0. The van der Waals surface area contributed by atoms with Crippen LogP contribution in [0.1, 0.15) is 38.9 Å². The predicted molar refractivity (Wildman–Crippen MR) is 150 cm³/mol. The van der Waals surface area contributed by atoms with Crippen molar-refractivity contribution in [2.24, 2.45) is 0 Å². The lowest BCUT2D eigenvalue weighted by Crippen LogP contribution is -2.26. The van der Waals surface area contributed by atoms with Gasteiger partial charge in [-0.15, -0.1) is 0 Å². The first-order valence-corrected chi connectivity index (χ1v) is 12.3. The SMILES string of the molecule is [C-]#[N+]C([N+]#[C-])=C1Cc2c(C#N)c3c(c(C#N)c2=C1c1cccc([N+]#[C-])c1)CC(=C(C#N)C#N)C=3c1cccc(C#N)c1. The summed E-state index contributed by atoms with van der Waals surface area (Å²) in [5.41, 5.74) is 4.36. The van der Waals surface area contributed by atoms with Crippen molar-refractivity contribution in [2.45, 2.75) is 12.8 Å². The Morgan fingerprint density at radius 2 is 1.21 bits per heavy atom. The molecule has 0 radical (unpaired) electrons. The maximum atomic E-state index is 10.6. The van der Waals surface area contributed by atoms with Crippen molar-refractivity contribution in [3.8, 4) is 30.3 Å². The second-order valence-corrected chi connectivity index (χ2v) is 9.24. The van der Waals surface area contributed by atoms with E-state index in [1.807, 2.05) is 12.1 Å². The molecule has 0 heterocycles. The number of fused-ring (bicyclic) bond motifs is 2. The standard InChI is InChI=1S/C34H12N8/c1-40-23-9-5-8-21(11-23)31-27(34(41-2)42-3)13-26-29(18-39)32-25(28(17-38)33(26)31)12-24(22(15-36)16-37)30(32)20-7-4-6-19(10-20)14-35/h4-11H,12-13H2. The van der Waals surface area contributed by atoms with E-state index in [2.05, 4.69) is 32.7 Å². The van der Waals surface area contributed by atoms with Gasteiger partial charge in [0.2, 0.25) is 0 Å². The van der Waals surface area contributed by atoms with Gasteiger partial charge in [-0.25, -0.2) is 4.85 Å². The Morgan fingerprint density at radius 1 is 0.667 bits per heavy atom. The van der Waals surface area contributed by atoms with Crippen LogP contribution in [0.2, 0.25) is 0 Å². The average molecular weight is 533 g/mol. The molecule has 42 heavy (non-hydrogen) atoms. The molecule has 0 aromatic heterocycles.